The van der Waals surface area contributed by atoms with Crippen molar-refractivity contribution in [3.05, 3.63) is 18.0 Å². The first-order chi connectivity index (χ1) is 21.6. The van der Waals surface area contributed by atoms with Gasteiger partial charge in [-0.1, -0.05) is 5.21 Å². The van der Waals surface area contributed by atoms with Crippen LogP contribution in [0.5, 0.6) is 0 Å². The lowest BCUT2D eigenvalue weighted by molar-refractivity contribution is -0.121. The Bertz CT molecular complexity index is 1230. The van der Waals surface area contributed by atoms with E-state index >= 15 is 0 Å². The standard InChI is InChI=1S/C27H48N11O6P/c1-21(39)18-28-7-3-26(40)29-6-2-8-38-20-23(34-35-38)19-30-27-32-24(17-25(33-27)37-11-14-44-15-12-37)31-22-4-9-36(10-5-22)13-16-45(41,42)43/h17,20-22,28,39H,2-16,18-19H2,1H3,(H,29,40)(H2,41,42,43)(H2,30,31,32,33). The Morgan fingerprint density at radius 3 is 2.64 bits per heavy atom. The van der Waals surface area contributed by atoms with Crippen LogP contribution >= 0.6 is 7.60 Å². The molecule has 18 heteroatoms. The minimum Gasteiger partial charge on any atom is -0.392 e. The van der Waals surface area contributed by atoms with Gasteiger partial charge >= 0.3 is 7.60 Å². The highest BCUT2D eigenvalue weighted by molar-refractivity contribution is 7.51. The number of piperidine rings is 1. The molecule has 7 N–H and O–H groups in total. The Kier molecular flexibility index (Phi) is 13.7. The van der Waals surface area contributed by atoms with E-state index in [0.717, 1.165) is 50.5 Å². The third-order valence-corrected chi connectivity index (χ3v) is 8.35. The maximum Gasteiger partial charge on any atom is 0.326 e. The van der Waals surface area contributed by atoms with E-state index < -0.39 is 13.7 Å². The number of aliphatic hydroxyl groups is 1. The van der Waals surface area contributed by atoms with Crippen molar-refractivity contribution >= 4 is 31.1 Å². The van der Waals surface area contributed by atoms with Gasteiger partial charge in [0, 0.05) is 77.4 Å². The predicted molar refractivity (Wildman–Crippen MR) is 169 cm³/mol. The summed E-state index contributed by atoms with van der Waals surface area (Å²) in [4.78, 5) is 44.1. The van der Waals surface area contributed by atoms with Gasteiger partial charge in [-0.3, -0.25) is 14.0 Å². The van der Waals surface area contributed by atoms with E-state index in [4.69, 9.17) is 14.7 Å². The molecule has 252 valence electrons. The topological polar surface area (TPSA) is 215 Å². The zero-order valence-electron chi connectivity index (χ0n) is 26.0. The number of aryl methyl sites for hydroxylation is 1. The summed E-state index contributed by atoms with van der Waals surface area (Å²) >= 11 is 0. The monoisotopic (exact) mass is 653 g/mol. The van der Waals surface area contributed by atoms with Crippen LogP contribution in [0.3, 0.4) is 0 Å². The second kappa shape index (κ2) is 17.7. The van der Waals surface area contributed by atoms with Crippen molar-refractivity contribution in [1.29, 1.82) is 0 Å². The fraction of sp³-hybridized carbons (Fsp3) is 0.741. The molecule has 0 spiro atoms. The molecular weight excluding hydrogens is 605 g/mol. The normalized spacial score (nSPS) is 17.3. The van der Waals surface area contributed by atoms with Crippen LogP contribution in [-0.4, -0.2) is 135 Å². The van der Waals surface area contributed by atoms with Gasteiger partial charge in [0.25, 0.3) is 0 Å². The van der Waals surface area contributed by atoms with Gasteiger partial charge in [-0.2, -0.15) is 9.97 Å². The van der Waals surface area contributed by atoms with Gasteiger partial charge in [0.1, 0.15) is 17.3 Å². The lowest BCUT2D eigenvalue weighted by Crippen LogP contribution is -2.40. The molecule has 45 heavy (non-hydrogen) atoms. The summed E-state index contributed by atoms with van der Waals surface area (Å²) in [5.41, 5.74) is 0.737. The fourth-order valence-corrected chi connectivity index (χ4v) is 5.64. The number of hydrogen-bond donors (Lipinski definition) is 7. The largest absolute Gasteiger partial charge is 0.392 e. The first-order valence-electron chi connectivity index (χ1n) is 15.7. The van der Waals surface area contributed by atoms with Gasteiger partial charge in [0.05, 0.1) is 38.2 Å². The van der Waals surface area contributed by atoms with E-state index in [-0.39, 0.29) is 18.1 Å². The van der Waals surface area contributed by atoms with Crippen molar-refractivity contribution in [3.8, 4) is 0 Å². The smallest absolute Gasteiger partial charge is 0.326 e. The molecule has 0 saturated carbocycles. The molecule has 4 rings (SSSR count). The third kappa shape index (κ3) is 13.1. The van der Waals surface area contributed by atoms with Crippen LogP contribution in [0, 0.1) is 0 Å². The Labute approximate surface area is 263 Å². The number of morpholine rings is 1. The molecule has 2 aliphatic heterocycles. The molecule has 1 atom stereocenters. The second-order valence-corrected chi connectivity index (χ2v) is 13.3. The molecule has 0 aliphatic carbocycles. The molecule has 2 saturated heterocycles. The Morgan fingerprint density at radius 1 is 1.13 bits per heavy atom. The third-order valence-electron chi connectivity index (χ3n) is 7.56. The predicted octanol–water partition coefficient (Wildman–Crippen LogP) is -0.562. The zero-order chi connectivity index (χ0) is 32.1. The van der Waals surface area contributed by atoms with E-state index in [1.54, 1.807) is 11.6 Å². The van der Waals surface area contributed by atoms with Gasteiger partial charge in [-0.25, -0.2) is 0 Å². The summed E-state index contributed by atoms with van der Waals surface area (Å²) in [5, 5.41) is 30.5. The number of likely N-dealkylation sites (tertiary alicyclic amines) is 1. The lowest BCUT2D eigenvalue weighted by Gasteiger charge is -2.33. The van der Waals surface area contributed by atoms with Gasteiger partial charge < -0.3 is 50.7 Å². The number of nitrogens with one attached hydrogen (secondary N) is 4. The van der Waals surface area contributed by atoms with Gasteiger partial charge in [0.15, 0.2) is 0 Å². The minimum absolute atomic E-state index is 0.0339. The van der Waals surface area contributed by atoms with Crippen molar-refractivity contribution in [3.63, 3.8) is 0 Å². The van der Waals surface area contributed by atoms with Gasteiger partial charge in [-0.05, 0) is 26.2 Å². The SMILES string of the molecule is CC(O)CNCCC(=O)NCCCn1cc(CNc2nc(NC3CCN(CCP(=O)(O)O)CC3)cc(N3CCOCC3)n2)nn1. The average Bonchev–Trinajstić information content (AvgIpc) is 3.48. The molecule has 0 aromatic carbocycles. The molecule has 0 bridgehead atoms. The quantitative estimate of drug-likeness (QED) is 0.0793. The van der Waals surface area contributed by atoms with Crippen LogP contribution in [0.25, 0.3) is 0 Å². The molecule has 2 aromatic rings. The van der Waals surface area contributed by atoms with E-state index in [9.17, 15) is 24.3 Å². The molecule has 17 nitrogen and oxygen atoms in total. The number of carbonyl (C=O) groups is 1. The highest BCUT2D eigenvalue weighted by Crippen LogP contribution is 2.34. The fourth-order valence-electron chi connectivity index (χ4n) is 5.09. The summed E-state index contributed by atoms with van der Waals surface area (Å²) in [7, 11) is -4.00. The Hall–Kier alpha value is -2.92. The summed E-state index contributed by atoms with van der Waals surface area (Å²) in [5.74, 6) is 1.96. The number of anilines is 3. The van der Waals surface area contributed by atoms with Crippen molar-refractivity contribution < 1.29 is 29.0 Å². The van der Waals surface area contributed by atoms with Gasteiger partial charge in [0.2, 0.25) is 11.9 Å². The van der Waals surface area contributed by atoms with Crippen molar-refractivity contribution in [2.75, 3.05) is 87.3 Å². The number of ether oxygens (including phenoxy) is 1. The van der Waals surface area contributed by atoms with E-state index in [1.165, 1.54) is 0 Å². The summed E-state index contributed by atoms with van der Waals surface area (Å²) in [6.45, 7) is 8.88. The minimum atomic E-state index is -4.00. The lowest BCUT2D eigenvalue weighted by atomic mass is 10.1. The second-order valence-electron chi connectivity index (χ2n) is 11.5. The highest BCUT2D eigenvalue weighted by Gasteiger charge is 2.23. The van der Waals surface area contributed by atoms with E-state index in [1.807, 2.05) is 12.3 Å². The van der Waals surface area contributed by atoms with E-state index in [0.29, 0.717) is 77.1 Å². The van der Waals surface area contributed by atoms with Crippen LogP contribution in [0.15, 0.2) is 12.3 Å². The molecule has 1 amide bonds. The molecular formula is C27H48N11O6P. The van der Waals surface area contributed by atoms with Crippen LogP contribution in [0.1, 0.15) is 38.3 Å². The molecule has 4 heterocycles. The number of hydrogen-bond acceptors (Lipinski definition) is 13. The van der Waals surface area contributed by atoms with Crippen LogP contribution in [0.2, 0.25) is 0 Å². The maximum absolute atomic E-state index is 11.9. The summed E-state index contributed by atoms with van der Waals surface area (Å²) in [6, 6.07) is 2.14. The maximum atomic E-state index is 11.9. The first-order valence-corrected chi connectivity index (χ1v) is 17.5. The number of carbonyl (C=O) groups excluding carboxylic acids is 1. The first kappa shape index (κ1) is 34.9. The Morgan fingerprint density at radius 2 is 1.91 bits per heavy atom. The van der Waals surface area contributed by atoms with Crippen LogP contribution in [0.4, 0.5) is 17.6 Å². The molecule has 0 radical (unpaired) electrons. The summed E-state index contributed by atoms with van der Waals surface area (Å²) in [6.07, 6.45) is 4.07. The number of aromatic nitrogens is 5. The van der Waals surface area contributed by atoms with E-state index in [2.05, 4.69) is 41.4 Å². The number of nitrogens with zero attached hydrogens (tertiary/aromatic N) is 7. The molecule has 2 fully saturated rings. The van der Waals surface area contributed by atoms with Crippen molar-refractivity contribution in [2.24, 2.45) is 0 Å². The average molecular weight is 654 g/mol. The molecule has 2 aromatic heterocycles. The van der Waals surface area contributed by atoms with Crippen molar-refractivity contribution in [1.82, 2.24) is 40.5 Å². The van der Waals surface area contributed by atoms with Gasteiger partial charge in [-0.15, -0.1) is 5.10 Å². The molecule has 1 unspecified atom stereocenters. The number of aliphatic hydroxyl groups excluding tert-OH is 1. The zero-order valence-corrected chi connectivity index (χ0v) is 26.9. The van der Waals surface area contributed by atoms with Crippen LogP contribution in [-0.2, 0) is 27.2 Å². The number of rotatable bonds is 18. The van der Waals surface area contributed by atoms with Crippen molar-refractivity contribution in [2.45, 2.75) is 57.8 Å². The summed E-state index contributed by atoms with van der Waals surface area (Å²) < 4.78 is 18.5. The van der Waals surface area contributed by atoms with Crippen LogP contribution < -0.4 is 26.2 Å². The molecule has 2 aliphatic rings. The number of amides is 1. The Balaban J connectivity index is 1.25. The highest BCUT2D eigenvalue weighted by atomic mass is 31.2.